The van der Waals surface area contributed by atoms with E-state index >= 15 is 0 Å². The zero-order chi connectivity index (χ0) is 36.4. The highest BCUT2D eigenvalue weighted by Crippen LogP contribution is 2.52. The number of nitrogens with zero attached hydrogens (tertiary/aromatic N) is 1. The maximum Gasteiger partial charge on any atom is 0.143 e. The molecule has 4 nitrogen and oxygen atoms in total. The second kappa shape index (κ2) is 11.0. The van der Waals surface area contributed by atoms with Gasteiger partial charge < -0.3 is 18.1 Å². The average molecular weight is 708 g/mol. The third-order valence-electron chi connectivity index (χ3n) is 11.8. The summed E-state index contributed by atoms with van der Waals surface area (Å²) >= 11 is 0. The van der Waals surface area contributed by atoms with Crippen LogP contribution in [-0.2, 0) is 5.41 Å². The Labute approximate surface area is 316 Å². The summed E-state index contributed by atoms with van der Waals surface area (Å²) in [6.07, 6.45) is 0. The molecule has 0 atom stereocenters. The number of hydrogen-bond donors (Lipinski definition) is 0. The Hall–Kier alpha value is -7.04. The largest absolute Gasteiger partial charge is 0.456 e. The minimum Gasteiger partial charge on any atom is -0.456 e. The number of ether oxygens (including phenoxy) is 1. The molecule has 0 bridgehead atoms. The number of rotatable bonds is 3. The van der Waals surface area contributed by atoms with Gasteiger partial charge in [-0.05, 0) is 59.7 Å². The minimum absolute atomic E-state index is 0.231. The fourth-order valence-corrected chi connectivity index (χ4v) is 9.23. The van der Waals surface area contributed by atoms with Crippen molar-refractivity contribution in [1.29, 1.82) is 0 Å². The lowest BCUT2D eigenvalue weighted by Crippen LogP contribution is -2.24. The highest BCUT2D eigenvalue weighted by atomic mass is 16.5. The van der Waals surface area contributed by atoms with Crippen LogP contribution in [0.5, 0.6) is 11.5 Å². The van der Waals surface area contributed by atoms with Crippen LogP contribution in [0.1, 0.15) is 25.0 Å². The van der Waals surface area contributed by atoms with E-state index < -0.39 is 0 Å². The van der Waals surface area contributed by atoms with Crippen molar-refractivity contribution in [2.75, 3.05) is 0 Å². The fourth-order valence-electron chi connectivity index (χ4n) is 9.23. The summed E-state index contributed by atoms with van der Waals surface area (Å²) in [5.74, 6) is 1.83. The van der Waals surface area contributed by atoms with Crippen molar-refractivity contribution in [2.45, 2.75) is 19.3 Å². The van der Waals surface area contributed by atoms with Crippen LogP contribution in [0.4, 0.5) is 0 Å². The SMILES string of the molecule is CC1(C)c2ccccc2Oc2c1ccc1c2c2ccccc2n1-c1cc(-c2cccc3c2oc2ccccc23)cc(-c2cccc3c2oc2ccccc23)c1. The van der Waals surface area contributed by atoms with Crippen LogP contribution in [0.2, 0.25) is 0 Å². The number of hydrogen-bond acceptors (Lipinski definition) is 3. The van der Waals surface area contributed by atoms with Crippen LogP contribution in [0.3, 0.4) is 0 Å². The summed E-state index contributed by atoms with van der Waals surface area (Å²) in [6.45, 7) is 4.59. The lowest BCUT2D eigenvalue weighted by atomic mass is 9.75. The zero-order valence-corrected chi connectivity index (χ0v) is 30.3. The highest BCUT2D eigenvalue weighted by Gasteiger charge is 2.36. The van der Waals surface area contributed by atoms with Crippen molar-refractivity contribution in [2.24, 2.45) is 0 Å². The summed E-state index contributed by atoms with van der Waals surface area (Å²) in [5, 5.41) is 6.68. The van der Waals surface area contributed by atoms with Crippen LogP contribution >= 0.6 is 0 Å². The first-order valence-corrected chi connectivity index (χ1v) is 18.8. The molecule has 3 aromatic heterocycles. The Bertz CT molecular complexity index is 3260. The molecule has 4 heteroatoms. The van der Waals surface area contributed by atoms with Crippen molar-refractivity contribution in [1.82, 2.24) is 4.57 Å². The molecule has 0 unspecified atom stereocenters. The Kier molecular flexibility index (Phi) is 6.09. The summed E-state index contributed by atoms with van der Waals surface area (Å²) in [6, 6.07) is 58.0. The van der Waals surface area contributed by atoms with E-state index in [9.17, 15) is 0 Å². The van der Waals surface area contributed by atoms with Crippen molar-refractivity contribution in [3.8, 4) is 39.4 Å². The molecule has 11 aromatic rings. The molecule has 8 aromatic carbocycles. The lowest BCUT2D eigenvalue weighted by Gasteiger charge is -2.34. The van der Waals surface area contributed by atoms with E-state index in [1.165, 1.54) is 11.1 Å². The van der Waals surface area contributed by atoms with Gasteiger partial charge >= 0.3 is 0 Å². The Morgan fingerprint density at radius 2 is 1.02 bits per heavy atom. The molecule has 4 heterocycles. The van der Waals surface area contributed by atoms with Gasteiger partial charge in [-0.15, -0.1) is 0 Å². The molecule has 0 aliphatic carbocycles. The first-order chi connectivity index (χ1) is 27.0. The molecular weight excluding hydrogens is 675 g/mol. The summed E-state index contributed by atoms with van der Waals surface area (Å²) < 4.78 is 22.5. The standard InChI is InChI=1S/C51H33NO3/c1-51(2)40-20-6-10-24-46(40)55-50-41(51)25-26-43-47(50)39-15-3-7-21-42(39)52(43)32-28-30(33-16-11-18-37-35-13-4-8-22-44(35)53-48(33)37)27-31(29-32)34-17-12-19-38-36-14-5-9-23-45(36)54-49(34)38/h3-29H,1-2H3. The van der Waals surface area contributed by atoms with Gasteiger partial charge in [0.2, 0.25) is 0 Å². The number of fused-ring (bicyclic) bond motifs is 12. The molecule has 55 heavy (non-hydrogen) atoms. The molecule has 260 valence electrons. The van der Waals surface area contributed by atoms with E-state index in [2.05, 4.69) is 158 Å². The molecule has 0 saturated heterocycles. The van der Waals surface area contributed by atoms with Gasteiger partial charge in [-0.2, -0.15) is 0 Å². The predicted molar refractivity (Wildman–Crippen MR) is 225 cm³/mol. The number of furan rings is 2. The van der Waals surface area contributed by atoms with Gasteiger partial charge in [0.25, 0.3) is 0 Å². The Balaban J connectivity index is 1.18. The molecule has 0 spiro atoms. The van der Waals surface area contributed by atoms with Crippen molar-refractivity contribution < 1.29 is 13.6 Å². The summed E-state index contributed by atoms with van der Waals surface area (Å²) in [7, 11) is 0. The third-order valence-corrected chi connectivity index (χ3v) is 11.8. The quantitative estimate of drug-likeness (QED) is 0.184. The van der Waals surface area contributed by atoms with Crippen LogP contribution in [0.25, 0.3) is 93.6 Å². The van der Waals surface area contributed by atoms with Crippen LogP contribution in [0.15, 0.2) is 173 Å². The first-order valence-electron chi connectivity index (χ1n) is 18.8. The van der Waals surface area contributed by atoms with Gasteiger partial charge in [-0.3, -0.25) is 0 Å². The second-order valence-electron chi connectivity index (χ2n) is 15.2. The van der Waals surface area contributed by atoms with E-state index in [1.807, 2.05) is 24.3 Å². The lowest BCUT2D eigenvalue weighted by molar-refractivity contribution is 0.423. The van der Waals surface area contributed by atoms with Crippen molar-refractivity contribution >= 4 is 65.7 Å². The predicted octanol–water partition coefficient (Wildman–Crippen LogP) is 14.3. The van der Waals surface area contributed by atoms with Gasteiger partial charge in [0.15, 0.2) is 0 Å². The monoisotopic (exact) mass is 707 g/mol. The topological polar surface area (TPSA) is 40.4 Å². The molecule has 12 rings (SSSR count). The molecule has 1 aliphatic rings. The Morgan fingerprint density at radius 3 is 1.69 bits per heavy atom. The smallest absolute Gasteiger partial charge is 0.143 e. The molecule has 0 N–H and O–H groups in total. The number of para-hydroxylation sites is 6. The van der Waals surface area contributed by atoms with Gasteiger partial charge in [0.1, 0.15) is 33.8 Å². The van der Waals surface area contributed by atoms with Gasteiger partial charge in [-0.1, -0.05) is 129 Å². The minimum atomic E-state index is -0.231. The van der Waals surface area contributed by atoms with Crippen molar-refractivity contribution in [3.63, 3.8) is 0 Å². The van der Waals surface area contributed by atoms with E-state index in [1.54, 1.807) is 0 Å². The second-order valence-corrected chi connectivity index (χ2v) is 15.2. The maximum atomic E-state index is 6.89. The van der Waals surface area contributed by atoms with Gasteiger partial charge in [0, 0.05) is 60.3 Å². The van der Waals surface area contributed by atoms with Crippen LogP contribution < -0.4 is 4.74 Å². The fraction of sp³-hybridized carbons (Fsp3) is 0.0588. The normalized spacial score (nSPS) is 13.6. The molecular formula is C51H33NO3. The van der Waals surface area contributed by atoms with E-state index in [-0.39, 0.29) is 5.41 Å². The Morgan fingerprint density at radius 1 is 0.455 bits per heavy atom. The van der Waals surface area contributed by atoms with Gasteiger partial charge in [-0.25, -0.2) is 0 Å². The number of aromatic nitrogens is 1. The molecule has 1 aliphatic heterocycles. The van der Waals surface area contributed by atoms with E-state index in [0.717, 1.165) is 105 Å². The summed E-state index contributed by atoms with van der Waals surface area (Å²) in [5.41, 5.74) is 13.1. The first kappa shape index (κ1) is 30.4. The van der Waals surface area contributed by atoms with Crippen LogP contribution in [0, 0.1) is 0 Å². The van der Waals surface area contributed by atoms with E-state index in [0.29, 0.717) is 0 Å². The molecule has 0 radical (unpaired) electrons. The highest BCUT2D eigenvalue weighted by molar-refractivity contribution is 6.14. The summed E-state index contributed by atoms with van der Waals surface area (Å²) in [4.78, 5) is 0. The number of benzene rings is 8. The average Bonchev–Trinajstić information content (AvgIpc) is 3.90. The maximum absolute atomic E-state index is 6.89. The molecule has 0 saturated carbocycles. The van der Waals surface area contributed by atoms with Crippen LogP contribution in [-0.4, -0.2) is 4.57 Å². The zero-order valence-electron chi connectivity index (χ0n) is 30.3. The molecule has 0 fully saturated rings. The van der Waals surface area contributed by atoms with E-state index in [4.69, 9.17) is 13.6 Å². The van der Waals surface area contributed by atoms with Crippen molar-refractivity contribution in [3.05, 3.63) is 175 Å². The third kappa shape index (κ3) is 4.22. The molecule has 0 amide bonds. The van der Waals surface area contributed by atoms with Gasteiger partial charge in [0.05, 0.1) is 16.4 Å².